The first kappa shape index (κ1) is 22.3. The first-order valence-electron chi connectivity index (χ1n) is 12.5. The Kier molecular flexibility index (Phi) is 6.13. The van der Waals surface area contributed by atoms with Crippen molar-refractivity contribution >= 4 is 5.97 Å². The topological polar surface area (TPSA) is 77.8 Å². The van der Waals surface area contributed by atoms with E-state index < -0.39 is 5.97 Å². The lowest BCUT2D eigenvalue weighted by Gasteiger charge is -2.63. The minimum absolute atomic E-state index is 0.203. The van der Waals surface area contributed by atoms with Crippen molar-refractivity contribution in [3.8, 4) is 0 Å². The molecule has 0 radical (unpaired) electrons. The minimum atomic E-state index is -0.703. The molecule has 4 heteroatoms. The van der Waals surface area contributed by atoms with Crippen LogP contribution in [0.3, 0.4) is 0 Å². The largest absolute Gasteiger partial charge is 0.481 e. The average Bonchev–Trinajstić information content (AvgIpc) is 3.14. The summed E-state index contributed by atoms with van der Waals surface area (Å²) in [6.07, 6.45) is 7.67. The zero-order valence-corrected chi connectivity index (χ0v) is 19.3. The van der Waals surface area contributed by atoms with Gasteiger partial charge in [0.15, 0.2) is 0 Å². The normalized spacial score (nSPS) is 46.7. The lowest BCUT2D eigenvalue weighted by molar-refractivity contribution is -0.180. The van der Waals surface area contributed by atoms with Gasteiger partial charge in [0, 0.05) is 6.42 Å². The predicted octanol–water partition coefficient (Wildman–Crippen LogP) is 5.03. The second-order valence-corrected chi connectivity index (χ2v) is 11.4. The standard InChI is InChI=1S/C26H42O4/c1-5-17-20-13-16(27)10-11-26(20,4)21-12-15(3)23-18(14(2)6-9-22(28)29)7-8-19(23)24(21)25(17)30/h14-17,19-21,24-25,27,30H,5-13H2,1-4H3,(H,28,29)/t14-,15?,16-,17-,19?,20+,21?,24?,25?,26+/m1/s1. The van der Waals surface area contributed by atoms with E-state index in [0.717, 1.165) is 51.4 Å². The lowest BCUT2D eigenvalue weighted by atomic mass is 9.43. The summed E-state index contributed by atoms with van der Waals surface area (Å²) in [5.74, 6) is 2.20. The molecular weight excluding hydrogens is 376 g/mol. The summed E-state index contributed by atoms with van der Waals surface area (Å²) in [6, 6.07) is 0. The molecule has 0 heterocycles. The Morgan fingerprint density at radius 3 is 2.60 bits per heavy atom. The van der Waals surface area contributed by atoms with Gasteiger partial charge in [-0.1, -0.05) is 45.3 Å². The van der Waals surface area contributed by atoms with Gasteiger partial charge in [0.1, 0.15) is 0 Å². The molecule has 0 aliphatic heterocycles. The van der Waals surface area contributed by atoms with Gasteiger partial charge in [-0.25, -0.2) is 0 Å². The maximum absolute atomic E-state index is 11.7. The molecule has 0 aromatic heterocycles. The lowest BCUT2D eigenvalue weighted by Crippen LogP contribution is -2.60. The van der Waals surface area contributed by atoms with Gasteiger partial charge in [0.25, 0.3) is 0 Å². The van der Waals surface area contributed by atoms with Crippen molar-refractivity contribution in [1.82, 2.24) is 0 Å². The number of aliphatic hydroxyl groups excluding tert-OH is 2. The Balaban J connectivity index is 1.67. The Bertz CT molecular complexity index is 699. The highest BCUT2D eigenvalue weighted by atomic mass is 16.4. The zero-order chi connectivity index (χ0) is 21.8. The number of carboxylic acid groups (broad SMARTS) is 1. The Hall–Kier alpha value is -0.870. The van der Waals surface area contributed by atoms with Gasteiger partial charge in [-0.3, -0.25) is 4.79 Å². The molecule has 3 saturated carbocycles. The highest BCUT2D eigenvalue weighted by Crippen LogP contribution is 2.66. The number of aliphatic hydroxyl groups is 2. The van der Waals surface area contributed by atoms with Crippen LogP contribution in [0.1, 0.15) is 85.5 Å². The van der Waals surface area contributed by atoms with Gasteiger partial charge in [-0.2, -0.15) is 0 Å². The summed E-state index contributed by atoms with van der Waals surface area (Å²) in [4.78, 5) is 11.1. The molecule has 0 aromatic rings. The summed E-state index contributed by atoms with van der Waals surface area (Å²) in [7, 11) is 0. The number of fused-ring (bicyclic) bond motifs is 5. The Labute approximate surface area is 182 Å². The fraction of sp³-hybridized carbons (Fsp3) is 0.885. The SMILES string of the molecule is CC[C@H]1C(O)C2C3CCC([C@H](C)CCC(=O)O)=C3C(C)CC2[C@@]2(C)CC[C@@H](O)C[C@@H]12. The van der Waals surface area contributed by atoms with Gasteiger partial charge in [-0.05, 0) is 91.8 Å². The van der Waals surface area contributed by atoms with Crippen molar-refractivity contribution in [3.05, 3.63) is 11.1 Å². The fourth-order valence-electron chi connectivity index (χ4n) is 8.62. The van der Waals surface area contributed by atoms with E-state index in [1.807, 2.05) is 0 Å². The molecule has 30 heavy (non-hydrogen) atoms. The first-order valence-corrected chi connectivity index (χ1v) is 12.5. The van der Waals surface area contributed by atoms with Crippen molar-refractivity contribution < 1.29 is 20.1 Å². The van der Waals surface area contributed by atoms with Crippen molar-refractivity contribution in [2.45, 2.75) is 97.7 Å². The van der Waals surface area contributed by atoms with Gasteiger partial charge >= 0.3 is 5.97 Å². The molecule has 4 nitrogen and oxygen atoms in total. The molecule has 4 aliphatic carbocycles. The molecule has 4 aliphatic rings. The number of carbonyl (C=O) groups is 1. The summed E-state index contributed by atoms with van der Waals surface area (Å²) in [6.45, 7) is 9.27. The van der Waals surface area contributed by atoms with E-state index in [4.69, 9.17) is 5.11 Å². The number of hydrogen-bond acceptors (Lipinski definition) is 3. The van der Waals surface area contributed by atoms with Gasteiger partial charge in [-0.15, -0.1) is 0 Å². The molecule has 0 amide bonds. The molecule has 5 unspecified atom stereocenters. The van der Waals surface area contributed by atoms with Crippen LogP contribution in [0.15, 0.2) is 11.1 Å². The highest BCUT2D eigenvalue weighted by Gasteiger charge is 2.61. The molecule has 10 atom stereocenters. The van der Waals surface area contributed by atoms with E-state index in [1.54, 1.807) is 5.57 Å². The first-order chi connectivity index (χ1) is 14.2. The predicted molar refractivity (Wildman–Crippen MR) is 118 cm³/mol. The maximum Gasteiger partial charge on any atom is 0.303 e. The molecule has 3 fully saturated rings. The third-order valence-electron chi connectivity index (χ3n) is 10.0. The minimum Gasteiger partial charge on any atom is -0.481 e. The van der Waals surface area contributed by atoms with Crippen LogP contribution in [0.5, 0.6) is 0 Å². The third kappa shape index (κ3) is 3.46. The second kappa shape index (κ2) is 8.24. The Morgan fingerprint density at radius 2 is 1.93 bits per heavy atom. The van der Waals surface area contributed by atoms with E-state index in [2.05, 4.69) is 27.7 Å². The van der Waals surface area contributed by atoms with E-state index in [9.17, 15) is 15.0 Å². The number of rotatable bonds is 5. The number of aliphatic carboxylic acids is 1. The molecule has 170 valence electrons. The van der Waals surface area contributed by atoms with Gasteiger partial charge < -0.3 is 15.3 Å². The number of allylic oxidation sites excluding steroid dienone is 2. The van der Waals surface area contributed by atoms with Crippen LogP contribution in [-0.2, 0) is 4.79 Å². The molecule has 0 bridgehead atoms. The fourth-order valence-corrected chi connectivity index (χ4v) is 8.62. The number of carboxylic acids is 1. The average molecular weight is 419 g/mol. The highest BCUT2D eigenvalue weighted by molar-refractivity contribution is 5.66. The van der Waals surface area contributed by atoms with Crippen LogP contribution in [0.2, 0.25) is 0 Å². The third-order valence-corrected chi connectivity index (χ3v) is 10.0. The molecule has 4 rings (SSSR count). The van der Waals surface area contributed by atoms with E-state index in [1.165, 1.54) is 5.57 Å². The van der Waals surface area contributed by atoms with Crippen molar-refractivity contribution in [2.24, 2.45) is 46.8 Å². The molecular formula is C26H42O4. The van der Waals surface area contributed by atoms with Crippen molar-refractivity contribution in [1.29, 1.82) is 0 Å². The van der Waals surface area contributed by atoms with E-state index >= 15 is 0 Å². The smallest absolute Gasteiger partial charge is 0.303 e. The Morgan fingerprint density at radius 1 is 1.20 bits per heavy atom. The van der Waals surface area contributed by atoms with Crippen LogP contribution in [0, 0.1) is 46.8 Å². The molecule has 3 N–H and O–H groups in total. The molecule has 0 spiro atoms. The zero-order valence-electron chi connectivity index (χ0n) is 19.3. The number of hydrogen-bond donors (Lipinski definition) is 3. The maximum atomic E-state index is 11.7. The summed E-state index contributed by atoms with van der Waals surface area (Å²) >= 11 is 0. The molecule has 0 aromatic carbocycles. The second-order valence-electron chi connectivity index (χ2n) is 11.4. The van der Waals surface area contributed by atoms with Crippen molar-refractivity contribution in [3.63, 3.8) is 0 Å². The summed E-state index contributed by atoms with van der Waals surface area (Å²) < 4.78 is 0. The van der Waals surface area contributed by atoms with Crippen LogP contribution in [0.4, 0.5) is 0 Å². The van der Waals surface area contributed by atoms with Crippen LogP contribution in [0.25, 0.3) is 0 Å². The summed E-state index contributed by atoms with van der Waals surface area (Å²) in [5, 5.41) is 31.2. The van der Waals surface area contributed by atoms with E-state index in [0.29, 0.717) is 35.5 Å². The van der Waals surface area contributed by atoms with Gasteiger partial charge in [0.2, 0.25) is 0 Å². The summed E-state index contributed by atoms with van der Waals surface area (Å²) in [5.41, 5.74) is 3.32. The van der Waals surface area contributed by atoms with Crippen LogP contribution < -0.4 is 0 Å². The quantitative estimate of drug-likeness (QED) is 0.547. The molecule has 0 saturated heterocycles. The van der Waals surface area contributed by atoms with Crippen LogP contribution >= 0.6 is 0 Å². The van der Waals surface area contributed by atoms with Crippen molar-refractivity contribution in [2.75, 3.05) is 0 Å². The van der Waals surface area contributed by atoms with Gasteiger partial charge in [0.05, 0.1) is 12.2 Å². The monoisotopic (exact) mass is 418 g/mol. The van der Waals surface area contributed by atoms with Crippen LogP contribution in [-0.4, -0.2) is 33.5 Å². The van der Waals surface area contributed by atoms with E-state index in [-0.39, 0.29) is 30.0 Å².